The molecule has 0 aliphatic heterocycles. The van der Waals surface area contributed by atoms with Crippen LogP contribution in [-0.4, -0.2) is 35.6 Å². The van der Waals surface area contributed by atoms with Crippen LogP contribution in [0, 0.1) is 10.1 Å². The summed E-state index contributed by atoms with van der Waals surface area (Å²) in [6.45, 7) is 0. The zero-order valence-corrected chi connectivity index (χ0v) is 18.8. The number of phenolic OH excluding ortho intramolecular Hbond substituents is 4. The molecule has 0 fully saturated rings. The average Bonchev–Trinajstić information content (AvgIpc) is 2.77. The molecule has 0 unspecified atom stereocenters. The van der Waals surface area contributed by atoms with Crippen molar-refractivity contribution in [2.24, 2.45) is 4.99 Å². The van der Waals surface area contributed by atoms with E-state index >= 15 is 0 Å². The molecule has 1 aromatic heterocycles. The first-order chi connectivity index (χ1) is 16.5. The van der Waals surface area contributed by atoms with E-state index in [0.29, 0.717) is 0 Å². The highest BCUT2D eigenvalue weighted by atomic mass is 35.5. The number of nitrogens with one attached hydrogen (secondary N) is 1. The van der Waals surface area contributed by atoms with Crippen molar-refractivity contribution in [3.05, 3.63) is 69.0 Å². The predicted molar refractivity (Wildman–Crippen MR) is 130 cm³/mol. The number of anilines is 1. The number of nitrogens with zero attached hydrogens (tertiary/aromatic N) is 2. The Bertz CT molecular complexity index is 1600. The van der Waals surface area contributed by atoms with Gasteiger partial charge in [-0.25, -0.2) is 4.99 Å². The smallest absolute Gasteiger partial charge is 0.271 e. The molecule has 0 bridgehead atoms. The molecular weight excluding hydrogens is 502 g/mol. The van der Waals surface area contributed by atoms with E-state index in [1.165, 1.54) is 24.3 Å². The number of halogens is 1. The highest BCUT2D eigenvalue weighted by Crippen LogP contribution is 2.39. The summed E-state index contributed by atoms with van der Waals surface area (Å²) in [7, 11) is 0. The van der Waals surface area contributed by atoms with Crippen molar-refractivity contribution < 1.29 is 34.9 Å². The molecule has 4 rings (SSSR count). The second kappa shape index (κ2) is 9.00. The Morgan fingerprint density at radius 1 is 1.00 bits per heavy atom. The lowest BCUT2D eigenvalue weighted by Crippen LogP contribution is -2.14. The lowest BCUT2D eigenvalue weighted by molar-refractivity contribution is -0.384. The zero-order chi connectivity index (χ0) is 25.4. The van der Waals surface area contributed by atoms with E-state index in [9.17, 15) is 35.6 Å². The van der Waals surface area contributed by atoms with Crippen molar-refractivity contribution >= 4 is 51.3 Å². The van der Waals surface area contributed by atoms with Gasteiger partial charge in [-0.05, 0) is 30.4 Å². The van der Waals surface area contributed by atoms with Crippen LogP contribution in [0.25, 0.3) is 22.3 Å². The average molecular weight is 516 g/mol. The topological polar surface area (TPSA) is 182 Å². The molecular formula is C22H14ClN3O8S. The van der Waals surface area contributed by atoms with E-state index in [-0.39, 0.29) is 60.7 Å². The molecule has 35 heavy (non-hydrogen) atoms. The Kier molecular flexibility index (Phi) is 6.07. The lowest BCUT2D eigenvalue weighted by atomic mass is 10.1. The summed E-state index contributed by atoms with van der Waals surface area (Å²) in [6.07, 6.45) is 0. The Labute approximate surface area is 205 Å². The van der Waals surface area contributed by atoms with E-state index < -0.39 is 22.2 Å². The Morgan fingerprint density at radius 3 is 2.37 bits per heavy atom. The van der Waals surface area contributed by atoms with Crippen LogP contribution < -0.4 is 10.7 Å². The molecule has 4 aromatic rings. The second-order valence-electron chi connectivity index (χ2n) is 7.13. The van der Waals surface area contributed by atoms with E-state index in [4.69, 9.17) is 28.2 Å². The van der Waals surface area contributed by atoms with Gasteiger partial charge in [-0.2, -0.15) is 0 Å². The molecule has 0 spiro atoms. The van der Waals surface area contributed by atoms with Gasteiger partial charge in [0.2, 0.25) is 0 Å². The molecule has 3 aromatic carbocycles. The van der Waals surface area contributed by atoms with Crippen LogP contribution in [0.3, 0.4) is 0 Å². The molecule has 0 amide bonds. The van der Waals surface area contributed by atoms with Gasteiger partial charge in [0.05, 0.1) is 26.6 Å². The molecule has 13 heteroatoms. The summed E-state index contributed by atoms with van der Waals surface area (Å²) >= 11 is 11.3. The largest absolute Gasteiger partial charge is 0.508 e. The number of hydrogen-bond donors (Lipinski definition) is 6. The third-order valence-electron chi connectivity index (χ3n) is 4.80. The van der Waals surface area contributed by atoms with Gasteiger partial charge in [0, 0.05) is 30.3 Å². The summed E-state index contributed by atoms with van der Waals surface area (Å²) in [5.74, 6) is -2.44. The van der Waals surface area contributed by atoms with Crippen LogP contribution in [0.15, 0.2) is 57.9 Å². The summed E-state index contributed by atoms with van der Waals surface area (Å²) in [4.78, 5) is 14.4. The quantitative estimate of drug-likeness (QED) is 0.129. The van der Waals surface area contributed by atoms with Crippen molar-refractivity contribution in [1.82, 2.24) is 0 Å². The fraction of sp³-hybridized carbons (Fsp3) is 0. The fourth-order valence-electron chi connectivity index (χ4n) is 3.26. The van der Waals surface area contributed by atoms with Crippen molar-refractivity contribution in [3.8, 4) is 40.1 Å². The number of fused-ring (bicyclic) bond motifs is 1. The number of rotatable bonds is 3. The maximum Gasteiger partial charge on any atom is 0.271 e. The monoisotopic (exact) mass is 515 g/mol. The van der Waals surface area contributed by atoms with E-state index in [1.54, 1.807) is 0 Å². The molecule has 0 aliphatic carbocycles. The number of aromatic hydroxyl groups is 5. The van der Waals surface area contributed by atoms with Gasteiger partial charge >= 0.3 is 0 Å². The summed E-state index contributed by atoms with van der Waals surface area (Å²) in [5.41, 5.74) is -0.190. The van der Waals surface area contributed by atoms with Gasteiger partial charge in [0.1, 0.15) is 33.9 Å². The van der Waals surface area contributed by atoms with Gasteiger partial charge in [-0.3, -0.25) is 10.1 Å². The first-order valence-corrected chi connectivity index (χ1v) is 10.4. The lowest BCUT2D eigenvalue weighted by Gasteiger charge is -2.11. The molecule has 178 valence electrons. The normalized spacial score (nSPS) is 11.5. The molecule has 6 N–H and O–H groups in total. The Balaban J connectivity index is 1.91. The maximum absolute atomic E-state index is 11.0. The molecule has 0 saturated heterocycles. The van der Waals surface area contributed by atoms with Crippen LogP contribution in [0.2, 0.25) is 5.02 Å². The van der Waals surface area contributed by atoms with Gasteiger partial charge < -0.3 is 35.3 Å². The van der Waals surface area contributed by atoms with Gasteiger partial charge in [0.15, 0.2) is 16.6 Å². The van der Waals surface area contributed by atoms with Gasteiger partial charge in [-0.15, -0.1) is 0 Å². The highest BCUT2D eigenvalue weighted by Gasteiger charge is 2.20. The minimum absolute atomic E-state index is 0.0173. The summed E-state index contributed by atoms with van der Waals surface area (Å²) < 4.78 is 5.64. The molecule has 11 nitrogen and oxygen atoms in total. The molecule has 0 radical (unpaired) electrons. The fourth-order valence-corrected chi connectivity index (χ4v) is 3.68. The number of phenols is 4. The van der Waals surface area contributed by atoms with Crippen LogP contribution in [0.1, 0.15) is 0 Å². The van der Waals surface area contributed by atoms with E-state index in [1.807, 2.05) is 0 Å². The number of benzene rings is 3. The van der Waals surface area contributed by atoms with Crippen LogP contribution in [0.4, 0.5) is 11.4 Å². The van der Waals surface area contributed by atoms with Crippen LogP contribution in [-0.2, 0) is 0 Å². The number of non-ortho nitro benzene ring substituents is 1. The van der Waals surface area contributed by atoms with Gasteiger partial charge in [0.25, 0.3) is 5.69 Å². The molecule has 0 saturated carbocycles. The van der Waals surface area contributed by atoms with Crippen LogP contribution in [0.5, 0.6) is 28.7 Å². The van der Waals surface area contributed by atoms with Crippen molar-refractivity contribution in [1.29, 1.82) is 0 Å². The first kappa shape index (κ1) is 23.6. The summed E-state index contributed by atoms with van der Waals surface area (Å²) in [5, 5.41) is 64.0. The number of hydrogen-bond acceptors (Lipinski definition) is 9. The molecule has 0 atom stereocenters. The minimum Gasteiger partial charge on any atom is -0.508 e. The third-order valence-corrected chi connectivity index (χ3v) is 5.30. The highest BCUT2D eigenvalue weighted by molar-refractivity contribution is 7.80. The standard InChI is InChI=1S/C22H14ClN3O8S/c23-13-5-9(26(32)33)1-4-14(13)24-22(35)25-19-18-16(30)7-11(28)8-17(18)34-21(20(19)31)12-3-2-10(27)6-15(12)29/h1-8,27-31H,(H,24,35)/b25-19+. The van der Waals surface area contributed by atoms with E-state index in [2.05, 4.69) is 10.3 Å². The number of nitro benzene ring substituents is 1. The van der Waals surface area contributed by atoms with E-state index in [0.717, 1.165) is 24.3 Å². The molecule has 1 heterocycles. The summed E-state index contributed by atoms with van der Waals surface area (Å²) in [6, 6.07) is 9.31. The maximum atomic E-state index is 11.0. The van der Waals surface area contributed by atoms with Crippen molar-refractivity contribution in [3.63, 3.8) is 0 Å². The van der Waals surface area contributed by atoms with Gasteiger partial charge in [-0.1, -0.05) is 11.6 Å². The molecule has 0 aliphatic rings. The van der Waals surface area contributed by atoms with Crippen molar-refractivity contribution in [2.45, 2.75) is 0 Å². The Hall–Kier alpha value is -4.55. The third kappa shape index (κ3) is 4.60. The SMILES string of the molecule is O=[N+]([O-])c1ccc(NC(=S)/N=c2/c(O)c(-c3ccc(O)cc3O)oc3cc(O)cc(O)c23)c(Cl)c1. The number of nitro groups is 1. The zero-order valence-electron chi connectivity index (χ0n) is 17.3. The Morgan fingerprint density at radius 2 is 1.71 bits per heavy atom. The predicted octanol–water partition coefficient (Wildman–Crippen LogP) is 4.49. The first-order valence-electron chi connectivity index (χ1n) is 9.59. The second-order valence-corrected chi connectivity index (χ2v) is 7.92. The number of thiocarbonyl (C=S) groups is 1. The minimum atomic E-state index is -0.626. The van der Waals surface area contributed by atoms with Crippen LogP contribution >= 0.6 is 23.8 Å². The van der Waals surface area contributed by atoms with Crippen molar-refractivity contribution in [2.75, 3.05) is 5.32 Å².